The molecule has 0 fully saturated rings. The van der Waals surface area contributed by atoms with Crippen LogP contribution in [0.3, 0.4) is 0 Å². The number of ketones is 1. The third kappa shape index (κ3) is 2.61. The van der Waals surface area contributed by atoms with E-state index in [1.807, 2.05) is 0 Å². The van der Waals surface area contributed by atoms with Crippen LogP contribution in [0.15, 0.2) is 54.6 Å². The SMILES string of the molecule is O=C([O-])c1ccccc1C(=O)c1ccccc1.[NH4+]. The van der Waals surface area contributed by atoms with Gasteiger partial charge in [-0.25, -0.2) is 0 Å². The van der Waals surface area contributed by atoms with E-state index < -0.39 is 5.97 Å². The molecule has 0 aliphatic rings. The summed E-state index contributed by atoms with van der Waals surface area (Å²) >= 11 is 0. The van der Waals surface area contributed by atoms with Gasteiger partial charge in [0.2, 0.25) is 0 Å². The van der Waals surface area contributed by atoms with Crippen molar-refractivity contribution in [1.82, 2.24) is 6.15 Å². The van der Waals surface area contributed by atoms with Gasteiger partial charge in [0.1, 0.15) is 0 Å². The van der Waals surface area contributed by atoms with Crippen LogP contribution in [-0.4, -0.2) is 11.8 Å². The van der Waals surface area contributed by atoms with E-state index in [0.29, 0.717) is 5.56 Å². The van der Waals surface area contributed by atoms with Crippen LogP contribution in [0.2, 0.25) is 0 Å². The van der Waals surface area contributed by atoms with Gasteiger partial charge in [0.15, 0.2) is 5.78 Å². The van der Waals surface area contributed by atoms with Crippen LogP contribution >= 0.6 is 0 Å². The Kier molecular flexibility index (Phi) is 4.34. The van der Waals surface area contributed by atoms with Crippen LogP contribution in [0.4, 0.5) is 0 Å². The van der Waals surface area contributed by atoms with E-state index in [2.05, 4.69) is 0 Å². The Labute approximate surface area is 104 Å². The first-order chi connectivity index (χ1) is 8.20. The third-order valence-electron chi connectivity index (χ3n) is 2.43. The highest BCUT2D eigenvalue weighted by Gasteiger charge is 2.12. The third-order valence-corrected chi connectivity index (χ3v) is 2.43. The van der Waals surface area contributed by atoms with Crippen LogP contribution in [0.25, 0.3) is 0 Å². The zero-order valence-electron chi connectivity index (χ0n) is 9.92. The van der Waals surface area contributed by atoms with E-state index in [0.717, 1.165) is 0 Å². The van der Waals surface area contributed by atoms with Crippen LogP contribution in [0, 0.1) is 0 Å². The van der Waals surface area contributed by atoms with Crippen molar-refractivity contribution in [3.8, 4) is 0 Å². The minimum absolute atomic E-state index is 0. The minimum Gasteiger partial charge on any atom is -0.545 e. The number of benzene rings is 2. The number of aromatic carboxylic acids is 1. The van der Waals surface area contributed by atoms with Gasteiger partial charge in [0, 0.05) is 16.7 Å². The standard InChI is InChI=1S/C14H10O3.H3N/c15-13(10-6-2-1-3-7-10)11-8-4-5-9-12(11)14(16)17;/h1-9H,(H,16,17);1H3. The molecule has 0 saturated heterocycles. The molecule has 0 atom stereocenters. The number of carbonyl (C=O) groups is 2. The second-order valence-electron chi connectivity index (χ2n) is 3.53. The number of quaternary nitrogens is 1. The maximum atomic E-state index is 12.1. The summed E-state index contributed by atoms with van der Waals surface area (Å²) in [5.41, 5.74) is 0.529. The molecule has 4 nitrogen and oxygen atoms in total. The quantitative estimate of drug-likeness (QED) is 0.830. The summed E-state index contributed by atoms with van der Waals surface area (Å²) < 4.78 is 0. The van der Waals surface area contributed by atoms with Gasteiger partial charge in [-0.2, -0.15) is 0 Å². The van der Waals surface area contributed by atoms with E-state index in [9.17, 15) is 14.7 Å². The molecule has 0 bridgehead atoms. The van der Waals surface area contributed by atoms with Crippen molar-refractivity contribution in [3.63, 3.8) is 0 Å². The molecule has 0 unspecified atom stereocenters. The number of carboxylic acid groups (broad SMARTS) is 1. The highest BCUT2D eigenvalue weighted by molar-refractivity contribution is 6.13. The second-order valence-corrected chi connectivity index (χ2v) is 3.53. The van der Waals surface area contributed by atoms with Gasteiger partial charge in [0.05, 0.1) is 5.97 Å². The molecule has 0 aliphatic carbocycles. The normalized spacial score (nSPS) is 9.33. The molecule has 4 heteroatoms. The Balaban J connectivity index is 0.00000162. The maximum absolute atomic E-state index is 12.1. The molecule has 2 aromatic carbocycles. The number of hydrogen-bond acceptors (Lipinski definition) is 3. The molecule has 0 aliphatic heterocycles. The summed E-state index contributed by atoms with van der Waals surface area (Å²) in [6.07, 6.45) is 0. The molecular formula is C14H13NO3. The first-order valence-electron chi connectivity index (χ1n) is 5.10. The van der Waals surface area contributed by atoms with Crippen LogP contribution in [0.1, 0.15) is 26.3 Å². The molecule has 92 valence electrons. The van der Waals surface area contributed by atoms with Crippen molar-refractivity contribution in [3.05, 3.63) is 71.3 Å². The summed E-state index contributed by atoms with van der Waals surface area (Å²) in [4.78, 5) is 23.0. The highest BCUT2D eigenvalue weighted by Crippen LogP contribution is 2.13. The molecule has 0 saturated carbocycles. The Morgan fingerprint density at radius 1 is 0.778 bits per heavy atom. The lowest BCUT2D eigenvalue weighted by molar-refractivity contribution is -0.255. The average molecular weight is 243 g/mol. The predicted molar refractivity (Wildman–Crippen MR) is 66.6 cm³/mol. The van der Waals surface area contributed by atoms with Gasteiger partial charge >= 0.3 is 0 Å². The second kappa shape index (κ2) is 5.75. The van der Waals surface area contributed by atoms with E-state index in [-0.39, 0.29) is 23.1 Å². The van der Waals surface area contributed by atoms with E-state index in [1.54, 1.807) is 42.5 Å². The zero-order valence-corrected chi connectivity index (χ0v) is 9.92. The minimum atomic E-state index is -1.34. The van der Waals surface area contributed by atoms with Gasteiger partial charge in [0.25, 0.3) is 0 Å². The van der Waals surface area contributed by atoms with Gasteiger partial charge in [-0.3, -0.25) is 4.79 Å². The fourth-order valence-corrected chi connectivity index (χ4v) is 1.60. The number of carbonyl (C=O) groups excluding carboxylic acids is 2. The molecule has 2 aromatic rings. The Hall–Kier alpha value is -2.46. The summed E-state index contributed by atoms with van der Waals surface area (Å²) in [7, 11) is 0. The smallest absolute Gasteiger partial charge is 0.193 e. The van der Waals surface area contributed by atoms with Gasteiger partial charge in [-0.1, -0.05) is 54.6 Å². The fraction of sp³-hybridized carbons (Fsp3) is 0. The number of hydrogen-bond donors (Lipinski definition) is 1. The lowest BCUT2D eigenvalue weighted by Gasteiger charge is -2.08. The molecule has 0 aromatic heterocycles. The molecular weight excluding hydrogens is 230 g/mol. The Morgan fingerprint density at radius 3 is 1.83 bits per heavy atom. The van der Waals surface area contributed by atoms with Crippen LogP contribution in [0.5, 0.6) is 0 Å². The van der Waals surface area contributed by atoms with Crippen LogP contribution in [-0.2, 0) is 0 Å². The van der Waals surface area contributed by atoms with Crippen molar-refractivity contribution >= 4 is 11.8 Å². The van der Waals surface area contributed by atoms with E-state index >= 15 is 0 Å². The summed E-state index contributed by atoms with van der Waals surface area (Å²) in [5, 5.41) is 10.9. The average Bonchev–Trinajstić information content (AvgIpc) is 2.39. The van der Waals surface area contributed by atoms with Crippen molar-refractivity contribution in [1.29, 1.82) is 0 Å². The molecule has 0 amide bonds. The lowest BCUT2D eigenvalue weighted by Crippen LogP contribution is -2.25. The Morgan fingerprint density at radius 2 is 1.28 bits per heavy atom. The molecule has 0 radical (unpaired) electrons. The zero-order chi connectivity index (χ0) is 12.3. The first-order valence-corrected chi connectivity index (χ1v) is 5.10. The van der Waals surface area contributed by atoms with Gasteiger partial charge in [-0.15, -0.1) is 0 Å². The number of carboxylic acids is 1. The van der Waals surface area contributed by atoms with E-state index in [1.165, 1.54) is 12.1 Å². The maximum Gasteiger partial charge on any atom is 0.193 e. The van der Waals surface area contributed by atoms with Crippen molar-refractivity contribution < 1.29 is 14.7 Å². The van der Waals surface area contributed by atoms with E-state index in [4.69, 9.17) is 0 Å². The Bertz CT molecular complexity index is 564. The molecule has 0 heterocycles. The molecule has 18 heavy (non-hydrogen) atoms. The summed E-state index contributed by atoms with van der Waals surface area (Å²) in [5.74, 6) is -1.66. The molecule has 4 N–H and O–H groups in total. The van der Waals surface area contributed by atoms with Crippen molar-refractivity contribution in [2.24, 2.45) is 0 Å². The predicted octanol–water partition coefficient (Wildman–Crippen LogP) is 1.66. The molecule has 2 rings (SSSR count). The van der Waals surface area contributed by atoms with Crippen molar-refractivity contribution in [2.45, 2.75) is 0 Å². The van der Waals surface area contributed by atoms with Crippen molar-refractivity contribution in [2.75, 3.05) is 0 Å². The van der Waals surface area contributed by atoms with Gasteiger partial charge in [-0.05, 0) is 0 Å². The molecule has 0 spiro atoms. The highest BCUT2D eigenvalue weighted by atomic mass is 16.4. The summed E-state index contributed by atoms with van der Waals surface area (Å²) in [6, 6.07) is 14.6. The topological polar surface area (TPSA) is 93.7 Å². The van der Waals surface area contributed by atoms with Crippen LogP contribution < -0.4 is 11.3 Å². The monoisotopic (exact) mass is 243 g/mol. The largest absolute Gasteiger partial charge is 0.545 e. The lowest BCUT2D eigenvalue weighted by atomic mass is 9.98. The summed E-state index contributed by atoms with van der Waals surface area (Å²) in [6.45, 7) is 0. The van der Waals surface area contributed by atoms with Gasteiger partial charge < -0.3 is 16.1 Å². The fourth-order valence-electron chi connectivity index (χ4n) is 1.60. The first kappa shape index (κ1) is 13.6. The number of rotatable bonds is 3.